The predicted molar refractivity (Wildman–Crippen MR) is 67.3 cm³/mol. The van der Waals surface area contributed by atoms with E-state index in [1.54, 1.807) is 0 Å². The van der Waals surface area contributed by atoms with Crippen LogP contribution in [0.3, 0.4) is 0 Å². The van der Waals surface area contributed by atoms with Gasteiger partial charge in [-0.1, -0.05) is 19.0 Å². The van der Waals surface area contributed by atoms with Crippen molar-refractivity contribution >= 4 is 0 Å². The number of hydrogen-bond acceptors (Lipinski definition) is 6. The zero-order valence-corrected chi connectivity index (χ0v) is 11.3. The van der Waals surface area contributed by atoms with E-state index in [1.165, 1.54) is 0 Å². The summed E-state index contributed by atoms with van der Waals surface area (Å²) in [5.74, 6) is 1.75. The first-order valence-electron chi connectivity index (χ1n) is 6.48. The molecule has 1 atom stereocenters. The molecule has 1 saturated heterocycles. The Balaban J connectivity index is 1.80. The van der Waals surface area contributed by atoms with Crippen LogP contribution in [0.5, 0.6) is 0 Å². The zero-order valence-electron chi connectivity index (χ0n) is 11.3. The first kappa shape index (κ1) is 13.5. The van der Waals surface area contributed by atoms with Gasteiger partial charge in [-0.05, 0) is 7.05 Å². The summed E-state index contributed by atoms with van der Waals surface area (Å²) in [7, 11) is 2.04. The second-order valence-corrected chi connectivity index (χ2v) is 5.09. The third-order valence-corrected chi connectivity index (χ3v) is 2.93. The average Bonchev–Trinajstić information content (AvgIpc) is 2.78. The highest BCUT2D eigenvalue weighted by molar-refractivity contribution is 4.91. The molecule has 6 nitrogen and oxygen atoms in total. The lowest BCUT2D eigenvalue weighted by molar-refractivity contribution is 0.00748. The summed E-state index contributed by atoms with van der Waals surface area (Å²) < 4.78 is 10.9. The average molecular weight is 254 g/mol. The molecule has 18 heavy (non-hydrogen) atoms. The molecule has 102 valence electrons. The first-order chi connectivity index (χ1) is 8.65. The molecule has 1 aliphatic heterocycles. The van der Waals surface area contributed by atoms with E-state index in [4.69, 9.17) is 9.26 Å². The fraction of sp³-hybridized carbons (Fsp3) is 0.833. The van der Waals surface area contributed by atoms with Crippen LogP contribution in [0.15, 0.2) is 4.52 Å². The van der Waals surface area contributed by atoms with E-state index >= 15 is 0 Å². The van der Waals surface area contributed by atoms with Gasteiger partial charge in [-0.3, -0.25) is 4.90 Å². The van der Waals surface area contributed by atoms with Crippen molar-refractivity contribution in [1.82, 2.24) is 20.4 Å². The number of likely N-dealkylation sites (N-methyl/N-ethyl adjacent to an activating group) is 1. The molecule has 0 radical (unpaired) electrons. The molecule has 1 aromatic rings. The van der Waals surface area contributed by atoms with Crippen LogP contribution in [0, 0.1) is 0 Å². The molecular weight excluding hydrogens is 232 g/mol. The van der Waals surface area contributed by atoms with E-state index in [0.29, 0.717) is 18.4 Å². The van der Waals surface area contributed by atoms with Crippen LogP contribution in [0.2, 0.25) is 0 Å². The van der Waals surface area contributed by atoms with Crippen molar-refractivity contribution in [2.45, 2.75) is 32.4 Å². The Hall–Kier alpha value is -0.980. The molecule has 0 spiro atoms. The van der Waals surface area contributed by atoms with Gasteiger partial charge in [-0.15, -0.1) is 0 Å². The van der Waals surface area contributed by atoms with Gasteiger partial charge in [0.05, 0.1) is 19.3 Å². The Morgan fingerprint density at radius 3 is 2.94 bits per heavy atom. The predicted octanol–water partition coefficient (Wildman–Crippen LogP) is 0.613. The molecule has 2 rings (SSSR count). The minimum absolute atomic E-state index is 0.247. The standard InChI is InChI=1S/C12H22N4O2/c1-9(2)12-14-11(18-15-12)8-16(3)7-10-6-13-4-5-17-10/h9-10,13H,4-8H2,1-3H3. The van der Waals surface area contributed by atoms with Crippen LogP contribution >= 0.6 is 0 Å². The summed E-state index contributed by atoms with van der Waals surface area (Å²) in [4.78, 5) is 6.52. The number of hydrogen-bond donors (Lipinski definition) is 1. The van der Waals surface area contributed by atoms with Crippen molar-refractivity contribution in [2.75, 3.05) is 33.3 Å². The summed E-state index contributed by atoms with van der Waals surface area (Å²) in [5, 5.41) is 7.28. The van der Waals surface area contributed by atoms with Crippen molar-refractivity contribution in [3.05, 3.63) is 11.7 Å². The zero-order chi connectivity index (χ0) is 13.0. The smallest absolute Gasteiger partial charge is 0.240 e. The molecule has 1 aliphatic rings. The van der Waals surface area contributed by atoms with Crippen molar-refractivity contribution in [2.24, 2.45) is 0 Å². The quantitative estimate of drug-likeness (QED) is 0.831. The van der Waals surface area contributed by atoms with Crippen molar-refractivity contribution in [3.8, 4) is 0 Å². The number of nitrogens with one attached hydrogen (secondary N) is 1. The van der Waals surface area contributed by atoms with Gasteiger partial charge in [0.25, 0.3) is 0 Å². The lowest BCUT2D eigenvalue weighted by atomic mass is 10.2. The number of nitrogens with zero attached hydrogens (tertiary/aromatic N) is 3. The maximum atomic E-state index is 5.66. The minimum atomic E-state index is 0.247. The molecule has 1 N–H and O–H groups in total. The second kappa shape index (κ2) is 6.26. The van der Waals surface area contributed by atoms with Crippen LogP contribution < -0.4 is 5.32 Å². The Kier molecular flexibility index (Phi) is 4.68. The van der Waals surface area contributed by atoms with Crippen molar-refractivity contribution < 1.29 is 9.26 Å². The normalized spacial score (nSPS) is 20.8. The van der Waals surface area contributed by atoms with Crippen molar-refractivity contribution in [1.29, 1.82) is 0 Å². The molecule has 0 saturated carbocycles. The van der Waals surface area contributed by atoms with E-state index in [-0.39, 0.29) is 6.10 Å². The molecule has 0 aromatic carbocycles. The summed E-state index contributed by atoms with van der Waals surface area (Å²) in [5.41, 5.74) is 0. The second-order valence-electron chi connectivity index (χ2n) is 5.09. The Bertz CT molecular complexity index is 361. The number of morpholine rings is 1. The number of rotatable bonds is 5. The van der Waals surface area contributed by atoms with Gasteiger partial charge in [0.1, 0.15) is 0 Å². The molecule has 1 fully saturated rings. The lowest BCUT2D eigenvalue weighted by Crippen LogP contribution is -2.44. The summed E-state index contributed by atoms with van der Waals surface area (Å²) in [6.45, 7) is 8.29. The van der Waals surface area contributed by atoms with Crippen LogP contribution in [-0.4, -0.2) is 54.4 Å². The molecule has 0 aliphatic carbocycles. The number of aromatic nitrogens is 2. The summed E-state index contributed by atoms with van der Waals surface area (Å²) >= 11 is 0. The van der Waals surface area contributed by atoms with Gasteiger partial charge in [0, 0.05) is 25.6 Å². The van der Waals surface area contributed by atoms with Crippen LogP contribution in [0.4, 0.5) is 0 Å². The summed E-state index contributed by atoms with van der Waals surface area (Å²) in [6, 6.07) is 0. The monoisotopic (exact) mass is 254 g/mol. The van der Waals surface area contributed by atoms with Gasteiger partial charge in [0.2, 0.25) is 5.89 Å². The largest absolute Gasteiger partial charge is 0.374 e. The molecule has 0 amide bonds. The van der Waals surface area contributed by atoms with Gasteiger partial charge in [-0.2, -0.15) is 4.98 Å². The molecule has 1 unspecified atom stereocenters. The fourth-order valence-corrected chi connectivity index (χ4v) is 1.95. The van der Waals surface area contributed by atoms with E-state index in [9.17, 15) is 0 Å². The van der Waals surface area contributed by atoms with E-state index in [2.05, 4.69) is 34.2 Å². The minimum Gasteiger partial charge on any atom is -0.374 e. The third-order valence-electron chi connectivity index (χ3n) is 2.93. The molecular formula is C12H22N4O2. The fourth-order valence-electron chi connectivity index (χ4n) is 1.95. The molecule has 0 bridgehead atoms. The first-order valence-corrected chi connectivity index (χ1v) is 6.48. The molecule has 1 aromatic heterocycles. The maximum absolute atomic E-state index is 5.66. The van der Waals surface area contributed by atoms with E-state index < -0.39 is 0 Å². The van der Waals surface area contributed by atoms with E-state index in [1.807, 2.05) is 7.05 Å². The Labute approximate surface area is 108 Å². The highest BCUT2D eigenvalue weighted by atomic mass is 16.5. The van der Waals surface area contributed by atoms with Gasteiger partial charge < -0.3 is 14.6 Å². The highest BCUT2D eigenvalue weighted by Crippen LogP contribution is 2.11. The maximum Gasteiger partial charge on any atom is 0.240 e. The SMILES string of the molecule is CC(C)c1noc(CN(C)CC2CNCCO2)n1. The lowest BCUT2D eigenvalue weighted by Gasteiger charge is -2.27. The van der Waals surface area contributed by atoms with Crippen LogP contribution in [0.1, 0.15) is 31.5 Å². The Morgan fingerprint density at radius 2 is 2.33 bits per heavy atom. The van der Waals surface area contributed by atoms with Crippen molar-refractivity contribution in [3.63, 3.8) is 0 Å². The van der Waals surface area contributed by atoms with Gasteiger partial charge >= 0.3 is 0 Å². The van der Waals surface area contributed by atoms with Crippen LogP contribution in [-0.2, 0) is 11.3 Å². The molecule has 2 heterocycles. The Morgan fingerprint density at radius 1 is 1.50 bits per heavy atom. The third kappa shape index (κ3) is 3.76. The summed E-state index contributed by atoms with van der Waals surface area (Å²) in [6.07, 6.45) is 0.247. The van der Waals surface area contributed by atoms with Gasteiger partial charge in [0.15, 0.2) is 5.82 Å². The van der Waals surface area contributed by atoms with E-state index in [0.717, 1.165) is 32.1 Å². The topological polar surface area (TPSA) is 63.4 Å². The highest BCUT2D eigenvalue weighted by Gasteiger charge is 2.17. The van der Waals surface area contributed by atoms with Gasteiger partial charge in [-0.25, -0.2) is 0 Å². The number of ether oxygens (including phenoxy) is 1. The molecule has 6 heteroatoms. The van der Waals surface area contributed by atoms with Crippen LogP contribution in [0.25, 0.3) is 0 Å².